The van der Waals surface area contributed by atoms with Gasteiger partial charge in [0, 0.05) is 6.07 Å². The maximum absolute atomic E-state index is 12.6. The third kappa shape index (κ3) is 4.06. The maximum atomic E-state index is 12.6. The Morgan fingerprint density at radius 3 is 2.00 bits per heavy atom. The van der Waals surface area contributed by atoms with Gasteiger partial charge in [0.15, 0.2) is 5.78 Å². The predicted octanol–water partition coefficient (Wildman–Crippen LogP) is 3.42. The van der Waals surface area contributed by atoms with Crippen LogP contribution >= 0.6 is 0 Å². The first-order valence-electron chi connectivity index (χ1n) is 7.78. The number of carbonyl (C=O) groups is 1. The molecule has 0 heterocycles. The van der Waals surface area contributed by atoms with E-state index in [1.54, 1.807) is 24.3 Å². The van der Waals surface area contributed by atoms with Crippen molar-refractivity contribution in [1.82, 2.24) is 0 Å². The van der Waals surface area contributed by atoms with Gasteiger partial charge < -0.3 is 14.2 Å². The maximum Gasteiger partial charge on any atom is 0.360 e. The fourth-order valence-electron chi connectivity index (χ4n) is 2.49. The molecular formula is C18H16N2O8. The van der Waals surface area contributed by atoms with Gasteiger partial charge in [-0.3, -0.25) is 25.0 Å². The Kier molecular flexibility index (Phi) is 6.27. The molecule has 0 saturated carbocycles. The van der Waals surface area contributed by atoms with Crippen LogP contribution in [-0.2, 0) is 0 Å². The minimum absolute atomic E-state index is 0.327. The van der Waals surface area contributed by atoms with E-state index < -0.39 is 38.5 Å². The summed E-state index contributed by atoms with van der Waals surface area (Å²) in [4.78, 5) is 33.6. The van der Waals surface area contributed by atoms with Crippen molar-refractivity contribution >= 4 is 23.2 Å². The van der Waals surface area contributed by atoms with Crippen LogP contribution in [0.4, 0.5) is 11.4 Å². The number of rotatable bonds is 8. The molecule has 0 atom stereocenters. The van der Waals surface area contributed by atoms with Crippen molar-refractivity contribution in [3.8, 4) is 17.2 Å². The number of methoxy groups -OCH3 is 3. The zero-order chi connectivity index (χ0) is 20.8. The number of hydrogen-bond acceptors (Lipinski definition) is 8. The van der Waals surface area contributed by atoms with Crippen molar-refractivity contribution in [3.63, 3.8) is 0 Å². The molecule has 0 aliphatic rings. The highest BCUT2D eigenvalue weighted by Gasteiger charge is 2.35. The number of nitro groups is 2. The SMILES string of the molecule is COc1ccc(/C=C/C(=O)c2cc([N+](=O)[O-])c(OC)c([N+](=O)[O-])c2OC)cc1. The summed E-state index contributed by atoms with van der Waals surface area (Å²) in [5, 5.41) is 22.7. The Labute approximate surface area is 159 Å². The van der Waals surface area contributed by atoms with E-state index in [1.807, 2.05) is 0 Å². The number of benzene rings is 2. The summed E-state index contributed by atoms with van der Waals surface area (Å²) >= 11 is 0. The van der Waals surface area contributed by atoms with Crippen LogP contribution in [0, 0.1) is 20.2 Å². The highest BCUT2D eigenvalue weighted by atomic mass is 16.6. The normalized spacial score (nSPS) is 10.5. The minimum atomic E-state index is -0.894. The third-order valence-corrected chi connectivity index (χ3v) is 3.78. The Morgan fingerprint density at radius 1 is 0.929 bits per heavy atom. The van der Waals surface area contributed by atoms with Crippen LogP contribution < -0.4 is 14.2 Å². The van der Waals surface area contributed by atoms with Gasteiger partial charge in [-0.15, -0.1) is 0 Å². The lowest BCUT2D eigenvalue weighted by Gasteiger charge is -2.10. The van der Waals surface area contributed by atoms with E-state index in [4.69, 9.17) is 14.2 Å². The molecule has 0 N–H and O–H groups in total. The fraction of sp³-hybridized carbons (Fsp3) is 0.167. The lowest BCUT2D eigenvalue weighted by molar-refractivity contribution is -0.396. The number of carbonyl (C=O) groups excluding carboxylic acids is 1. The summed E-state index contributed by atoms with van der Waals surface area (Å²) in [5.41, 5.74) is -1.17. The molecule has 0 bridgehead atoms. The average Bonchev–Trinajstić information content (AvgIpc) is 2.70. The zero-order valence-corrected chi connectivity index (χ0v) is 15.2. The molecule has 2 rings (SSSR count). The molecule has 10 nitrogen and oxygen atoms in total. The first-order chi connectivity index (χ1) is 13.3. The Bertz CT molecular complexity index is 951. The Hall–Kier alpha value is -3.95. The number of ketones is 1. The van der Waals surface area contributed by atoms with E-state index in [-0.39, 0.29) is 5.56 Å². The molecular weight excluding hydrogens is 372 g/mol. The molecule has 2 aromatic rings. The minimum Gasteiger partial charge on any atom is -0.497 e. The van der Waals surface area contributed by atoms with Crippen LogP contribution in [0.5, 0.6) is 17.2 Å². The van der Waals surface area contributed by atoms with E-state index in [2.05, 4.69) is 0 Å². The number of allylic oxidation sites excluding steroid dienone is 1. The van der Waals surface area contributed by atoms with E-state index in [1.165, 1.54) is 13.2 Å². The summed E-state index contributed by atoms with van der Waals surface area (Å²) in [6, 6.07) is 7.66. The molecule has 10 heteroatoms. The predicted molar refractivity (Wildman–Crippen MR) is 99.2 cm³/mol. The highest BCUT2D eigenvalue weighted by molar-refractivity contribution is 6.10. The smallest absolute Gasteiger partial charge is 0.360 e. The largest absolute Gasteiger partial charge is 0.497 e. The summed E-state index contributed by atoms with van der Waals surface area (Å²) in [6.07, 6.45) is 2.60. The molecule has 0 spiro atoms. The van der Waals surface area contributed by atoms with Crippen molar-refractivity contribution in [1.29, 1.82) is 0 Å². The van der Waals surface area contributed by atoms with Gasteiger partial charge in [-0.1, -0.05) is 18.2 Å². The van der Waals surface area contributed by atoms with Crippen LogP contribution in [0.25, 0.3) is 6.08 Å². The van der Waals surface area contributed by atoms with Crippen molar-refractivity contribution in [2.45, 2.75) is 0 Å². The van der Waals surface area contributed by atoms with Gasteiger partial charge in [-0.2, -0.15) is 0 Å². The molecule has 0 aliphatic heterocycles. The second-order valence-electron chi connectivity index (χ2n) is 5.34. The van der Waals surface area contributed by atoms with E-state index in [9.17, 15) is 25.0 Å². The van der Waals surface area contributed by atoms with Gasteiger partial charge in [-0.05, 0) is 23.8 Å². The first kappa shape index (κ1) is 20.4. The van der Waals surface area contributed by atoms with Crippen molar-refractivity contribution in [2.75, 3.05) is 21.3 Å². The van der Waals surface area contributed by atoms with Gasteiger partial charge >= 0.3 is 11.4 Å². The van der Waals surface area contributed by atoms with Crippen LogP contribution in [0.2, 0.25) is 0 Å². The van der Waals surface area contributed by atoms with Crippen LogP contribution in [0.3, 0.4) is 0 Å². The molecule has 2 aromatic carbocycles. The fourth-order valence-corrected chi connectivity index (χ4v) is 2.49. The summed E-state index contributed by atoms with van der Waals surface area (Å²) < 4.78 is 14.9. The first-order valence-corrected chi connectivity index (χ1v) is 7.78. The van der Waals surface area contributed by atoms with Crippen LogP contribution in [0.1, 0.15) is 15.9 Å². The second-order valence-corrected chi connectivity index (χ2v) is 5.34. The van der Waals surface area contributed by atoms with E-state index >= 15 is 0 Å². The van der Waals surface area contributed by atoms with Crippen molar-refractivity contribution < 1.29 is 28.9 Å². The summed E-state index contributed by atoms with van der Waals surface area (Å²) in [5.74, 6) is -1.09. The van der Waals surface area contributed by atoms with Gasteiger partial charge in [0.2, 0.25) is 5.75 Å². The molecule has 0 unspecified atom stereocenters. The molecule has 28 heavy (non-hydrogen) atoms. The molecule has 0 fully saturated rings. The second kappa shape index (κ2) is 8.62. The number of nitro benzene ring substituents is 2. The average molecular weight is 388 g/mol. The van der Waals surface area contributed by atoms with Crippen molar-refractivity contribution in [2.24, 2.45) is 0 Å². The summed E-state index contributed by atoms with van der Waals surface area (Å²) in [6.45, 7) is 0. The van der Waals surface area contributed by atoms with Crippen LogP contribution in [0.15, 0.2) is 36.4 Å². The monoisotopic (exact) mass is 388 g/mol. The van der Waals surface area contributed by atoms with E-state index in [0.29, 0.717) is 11.3 Å². The quantitative estimate of drug-likeness (QED) is 0.291. The van der Waals surface area contributed by atoms with Gasteiger partial charge in [-0.25, -0.2) is 0 Å². The number of ether oxygens (including phenoxy) is 3. The molecule has 0 aromatic heterocycles. The Balaban J connectivity index is 2.55. The molecule has 0 radical (unpaired) electrons. The number of hydrogen-bond donors (Lipinski definition) is 0. The topological polar surface area (TPSA) is 131 Å². The molecule has 0 aliphatic carbocycles. The van der Waals surface area contributed by atoms with Gasteiger partial charge in [0.1, 0.15) is 5.75 Å². The molecule has 0 saturated heterocycles. The number of nitrogens with zero attached hydrogens (tertiary/aromatic N) is 2. The standard InChI is InChI=1S/C18H16N2O8/c1-26-12-7-4-11(5-8-12)6-9-15(21)13-10-14(19(22)23)18(28-3)16(20(24)25)17(13)27-2/h4-10H,1-3H3/b9-6+. The summed E-state index contributed by atoms with van der Waals surface area (Å²) in [7, 11) is 3.70. The van der Waals surface area contributed by atoms with Crippen molar-refractivity contribution in [3.05, 3.63) is 67.8 Å². The third-order valence-electron chi connectivity index (χ3n) is 3.78. The lowest BCUT2D eigenvalue weighted by Crippen LogP contribution is -2.07. The Morgan fingerprint density at radius 2 is 1.54 bits per heavy atom. The molecule has 0 amide bonds. The van der Waals surface area contributed by atoms with Gasteiger partial charge in [0.25, 0.3) is 5.75 Å². The zero-order valence-electron chi connectivity index (χ0n) is 15.2. The molecule has 146 valence electrons. The van der Waals surface area contributed by atoms with Gasteiger partial charge in [0.05, 0.1) is 36.7 Å². The lowest BCUT2D eigenvalue weighted by atomic mass is 10.0. The van der Waals surface area contributed by atoms with Crippen LogP contribution in [-0.4, -0.2) is 37.0 Å². The van der Waals surface area contributed by atoms with E-state index in [0.717, 1.165) is 26.4 Å². The highest BCUT2D eigenvalue weighted by Crippen LogP contribution is 2.46.